The molecule has 0 unspecified atom stereocenters. The highest BCUT2D eigenvalue weighted by molar-refractivity contribution is 7.99. The summed E-state index contributed by atoms with van der Waals surface area (Å²) in [5.74, 6) is 1.02. The van der Waals surface area contributed by atoms with Crippen molar-refractivity contribution in [3.05, 3.63) is 23.3 Å². The Morgan fingerprint density at radius 3 is 2.84 bits per heavy atom. The summed E-state index contributed by atoms with van der Waals surface area (Å²) in [4.78, 5) is 7.92. The van der Waals surface area contributed by atoms with Gasteiger partial charge in [-0.1, -0.05) is 30.3 Å². The van der Waals surface area contributed by atoms with Crippen molar-refractivity contribution in [2.24, 2.45) is 0 Å². The maximum absolute atomic E-state index is 4.55. The van der Waals surface area contributed by atoms with Crippen molar-refractivity contribution in [1.29, 1.82) is 0 Å². The first-order valence-corrected chi connectivity index (χ1v) is 7.43. The van der Waals surface area contributed by atoms with Crippen LogP contribution in [0.1, 0.15) is 24.5 Å². The van der Waals surface area contributed by atoms with Gasteiger partial charge in [0.2, 0.25) is 5.16 Å². The van der Waals surface area contributed by atoms with Gasteiger partial charge in [0.1, 0.15) is 5.52 Å². The number of hydrogen-bond acceptors (Lipinski definition) is 4. The molecule has 2 heterocycles. The number of H-pyrrole nitrogens is 1. The molecule has 4 nitrogen and oxygen atoms in total. The minimum absolute atomic E-state index is 0.746. The Bertz CT molecular complexity index is 748. The number of rotatable bonds is 3. The molecule has 98 valence electrons. The van der Waals surface area contributed by atoms with Gasteiger partial charge in [-0.15, -0.1) is 10.2 Å². The molecule has 3 aromatic rings. The highest BCUT2D eigenvalue weighted by Crippen LogP contribution is 2.27. The first kappa shape index (κ1) is 12.4. The molecule has 0 bridgehead atoms. The van der Waals surface area contributed by atoms with Crippen LogP contribution in [0.25, 0.3) is 22.1 Å². The van der Waals surface area contributed by atoms with Crippen molar-refractivity contribution in [2.75, 3.05) is 5.75 Å². The molecule has 5 heteroatoms. The van der Waals surface area contributed by atoms with Gasteiger partial charge in [-0.25, -0.2) is 4.98 Å². The molecular weight excluding hydrogens is 256 g/mol. The lowest BCUT2D eigenvalue weighted by Gasteiger charge is -1.98. The molecule has 0 aliphatic carbocycles. The van der Waals surface area contributed by atoms with Crippen LogP contribution in [-0.2, 0) is 0 Å². The van der Waals surface area contributed by atoms with Crippen LogP contribution in [0.3, 0.4) is 0 Å². The van der Waals surface area contributed by atoms with Crippen LogP contribution in [0.2, 0.25) is 0 Å². The second-order valence-corrected chi connectivity index (χ2v) is 5.83. The number of aryl methyl sites for hydroxylation is 2. The van der Waals surface area contributed by atoms with Gasteiger partial charge in [-0.3, -0.25) is 0 Å². The van der Waals surface area contributed by atoms with E-state index in [4.69, 9.17) is 0 Å². The van der Waals surface area contributed by atoms with Crippen molar-refractivity contribution in [3.8, 4) is 0 Å². The molecule has 0 radical (unpaired) electrons. The number of fused-ring (bicyclic) bond motifs is 3. The number of hydrogen-bond donors (Lipinski definition) is 1. The zero-order valence-corrected chi connectivity index (χ0v) is 12.1. The predicted octanol–water partition coefficient (Wildman–Crippen LogP) is 3.63. The minimum Gasteiger partial charge on any atom is -0.337 e. The highest BCUT2D eigenvalue weighted by atomic mass is 32.2. The van der Waals surface area contributed by atoms with Gasteiger partial charge in [0.25, 0.3) is 0 Å². The zero-order chi connectivity index (χ0) is 13.4. The summed E-state index contributed by atoms with van der Waals surface area (Å²) < 4.78 is 0. The molecule has 0 saturated carbocycles. The van der Waals surface area contributed by atoms with E-state index in [9.17, 15) is 0 Å². The highest BCUT2D eigenvalue weighted by Gasteiger charge is 2.11. The second-order valence-electron chi connectivity index (χ2n) is 4.77. The van der Waals surface area contributed by atoms with Gasteiger partial charge in [0.15, 0.2) is 5.65 Å². The summed E-state index contributed by atoms with van der Waals surface area (Å²) in [6.07, 6.45) is 1.11. The smallest absolute Gasteiger partial charge is 0.211 e. The number of nitrogens with zero attached hydrogens (tertiary/aromatic N) is 3. The zero-order valence-electron chi connectivity index (χ0n) is 11.3. The molecule has 0 aliphatic heterocycles. The Balaban J connectivity index is 2.19. The third-order valence-electron chi connectivity index (χ3n) is 3.08. The Morgan fingerprint density at radius 2 is 2.05 bits per heavy atom. The molecule has 0 atom stereocenters. The molecule has 0 fully saturated rings. The normalized spacial score (nSPS) is 11.5. The van der Waals surface area contributed by atoms with Crippen LogP contribution in [0.15, 0.2) is 17.3 Å². The standard InChI is InChI=1S/C14H16N4S/c1-4-5-19-14-16-13-12(17-18-14)10-7-8(2)6-9(3)11(10)15-13/h6-7H,4-5H2,1-3H3,(H,15,16,18). The van der Waals surface area contributed by atoms with E-state index in [-0.39, 0.29) is 0 Å². The van der Waals surface area contributed by atoms with Gasteiger partial charge >= 0.3 is 0 Å². The molecule has 0 amide bonds. The summed E-state index contributed by atoms with van der Waals surface area (Å²) >= 11 is 1.65. The Kier molecular flexibility index (Phi) is 3.14. The van der Waals surface area contributed by atoms with E-state index in [1.807, 2.05) is 0 Å². The quantitative estimate of drug-likeness (QED) is 0.740. The molecule has 0 aliphatic rings. The van der Waals surface area contributed by atoms with E-state index in [0.717, 1.165) is 39.4 Å². The van der Waals surface area contributed by atoms with Crippen LogP contribution in [0, 0.1) is 13.8 Å². The summed E-state index contributed by atoms with van der Waals surface area (Å²) in [7, 11) is 0. The fourth-order valence-corrected chi connectivity index (χ4v) is 2.91. The van der Waals surface area contributed by atoms with Crippen LogP contribution in [0.4, 0.5) is 0 Å². The van der Waals surface area contributed by atoms with E-state index in [1.54, 1.807) is 11.8 Å². The molecule has 1 aromatic carbocycles. The average Bonchev–Trinajstić information content (AvgIpc) is 2.75. The van der Waals surface area contributed by atoms with Crippen molar-refractivity contribution in [2.45, 2.75) is 32.3 Å². The van der Waals surface area contributed by atoms with E-state index in [1.165, 1.54) is 11.1 Å². The molecular formula is C14H16N4S. The maximum atomic E-state index is 4.55. The van der Waals surface area contributed by atoms with Gasteiger partial charge < -0.3 is 4.98 Å². The van der Waals surface area contributed by atoms with E-state index in [2.05, 4.69) is 53.1 Å². The lowest BCUT2D eigenvalue weighted by molar-refractivity contribution is 0.876. The van der Waals surface area contributed by atoms with Crippen molar-refractivity contribution in [3.63, 3.8) is 0 Å². The topological polar surface area (TPSA) is 54.5 Å². The van der Waals surface area contributed by atoms with Crippen molar-refractivity contribution >= 4 is 33.8 Å². The third kappa shape index (κ3) is 2.18. The summed E-state index contributed by atoms with van der Waals surface area (Å²) in [5, 5.41) is 10.4. The lowest BCUT2D eigenvalue weighted by atomic mass is 10.1. The predicted molar refractivity (Wildman–Crippen MR) is 79.7 cm³/mol. The molecule has 2 aromatic heterocycles. The van der Waals surface area contributed by atoms with Crippen LogP contribution < -0.4 is 0 Å². The molecule has 19 heavy (non-hydrogen) atoms. The third-order valence-corrected chi connectivity index (χ3v) is 4.12. The van der Waals surface area contributed by atoms with Crippen molar-refractivity contribution in [1.82, 2.24) is 20.2 Å². The van der Waals surface area contributed by atoms with Gasteiger partial charge in [0, 0.05) is 11.1 Å². The van der Waals surface area contributed by atoms with Gasteiger partial charge in [-0.2, -0.15) is 0 Å². The van der Waals surface area contributed by atoms with Crippen LogP contribution in [-0.4, -0.2) is 25.9 Å². The maximum Gasteiger partial charge on any atom is 0.211 e. The number of thioether (sulfide) groups is 1. The number of benzene rings is 1. The largest absolute Gasteiger partial charge is 0.337 e. The van der Waals surface area contributed by atoms with Crippen molar-refractivity contribution < 1.29 is 0 Å². The van der Waals surface area contributed by atoms with E-state index < -0.39 is 0 Å². The SMILES string of the molecule is CCCSc1nnc2c(n1)[nH]c1c(C)cc(C)cc12. The van der Waals surface area contributed by atoms with Crippen LogP contribution >= 0.6 is 11.8 Å². The second kappa shape index (κ2) is 4.81. The van der Waals surface area contributed by atoms with Gasteiger partial charge in [-0.05, 0) is 31.9 Å². The Labute approximate surface area is 116 Å². The molecule has 0 spiro atoms. The summed E-state index contributed by atoms with van der Waals surface area (Å²) in [5.41, 5.74) is 5.26. The van der Waals surface area contributed by atoms with Gasteiger partial charge in [0.05, 0.1) is 5.52 Å². The lowest BCUT2D eigenvalue weighted by Crippen LogP contribution is -1.91. The number of aromatic nitrogens is 4. The van der Waals surface area contributed by atoms with E-state index >= 15 is 0 Å². The minimum atomic E-state index is 0.746. The number of aromatic amines is 1. The van der Waals surface area contributed by atoms with E-state index in [0.29, 0.717) is 0 Å². The monoisotopic (exact) mass is 272 g/mol. The fourth-order valence-electron chi connectivity index (χ4n) is 2.27. The van der Waals surface area contributed by atoms with Crippen LogP contribution in [0.5, 0.6) is 0 Å². The number of nitrogens with one attached hydrogen (secondary N) is 1. The average molecular weight is 272 g/mol. The summed E-state index contributed by atoms with van der Waals surface area (Å²) in [6.45, 7) is 6.34. The summed E-state index contributed by atoms with van der Waals surface area (Å²) in [6, 6.07) is 4.30. The first-order chi connectivity index (χ1) is 9.19. The molecule has 1 N–H and O–H groups in total. The molecule has 3 rings (SSSR count). The Morgan fingerprint density at radius 1 is 1.21 bits per heavy atom. The first-order valence-electron chi connectivity index (χ1n) is 6.45. The Hall–Kier alpha value is -1.62. The fraction of sp³-hybridized carbons (Fsp3) is 0.357. The molecule has 0 saturated heterocycles.